The maximum absolute atomic E-state index is 5.99. The van der Waals surface area contributed by atoms with E-state index in [0.717, 1.165) is 17.9 Å². The van der Waals surface area contributed by atoms with Crippen LogP contribution in [0.2, 0.25) is 0 Å². The monoisotopic (exact) mass is 542 g/mol. The average molecular weight is 546 g/mol. The highest BCUT2D eigenvalue weighted by atomic mass is 79.9. The summed E-state index contributed by atoms with van der Waals surface area (Å²) in [6.07, 6.45) is 0. The van der Waals surface area contributed by atoms with E-state index in [0.29, 0.717) is 23.0 Å². The molecule has 7 heteroatoms. The van der Waals surface area contributed by atoms with Gasteiger partial charge in [0.15, 0.2) is 23.0 Å². The van der Waals surface area contributed by atoms with E-state index < -0.39 is 0 Å². The molecule has 3 nitrogen and oxygen atoms in total. The van der Waals surface area contributed by atoms with Gasteiger partial charge in [0.2, 0.25) is 0 Å². The normalized spacial score (nSPS) is 10.4. The predicted octanol–water partition coefficient (Wildman–Crippen LogP) is 6.55. The van der Waals surface area contributed by atoms with Crippen molar-refractivity contribution >= 4 is 63.7 Å². The van der Waals surface area contributed by atoms with Crippen molar-refractivity contribution in [1.29, 1.82) is 0 Å². The van der Waals surface area contributed by atoms with Crippen molar-refractivity contribution < 1.29 is 14.2 Å². The van der Waals surface area contributed by atoms with E-state index in [4.69, 9.17) is 14.2 Å². The summed E-state index contributed by atoms with van der Waals surface area (Å²) in [6.45, 7) is 0. The van der Waals surface area contributed by atoms with Crippen LogP contribution in [0.1, 0.15) is 0 Å². The third-order valence-corrected chi connectivity index (χ3v) is 4.68. The fourth-order valence-electron chi connectivity index (χ4n) is 1.71. The first kappa shape index (κ1) is 17.1. The van der Waals surface area contributed by atoms with E-state index in [1.807, 2.05) is 24.3 Å². The van der Waals surface area contributed by atoms with Crippen LogP contribution in [0.15, 0.2) is 42.2 Å². The van der Waals surface area contributed by atoms with Crippen LogP contribution in [0.3, 0.4) is 0 Å². The Morgan fingerprint density at radius 1 is 0.667 bits per heavy atom. The van der Waals surface area contributed by atoms with Crippen LogP contribution in [0.25, 0.3) is 0 Å². The van der Waals surface area contributed by atoms with Crippen LogP contribution < -0.4 is 14.2 Å². The Morgan fingerprint density at radius 2 is 1.19 bits per heavy atom. The van der Waals surface area contributed by atoms with Gasteiger partial charge in [0, 0.05) is 8.95 Å². The van der Waals surface area contributed by atoms with Crippen molar-refractivity contribution in [3.8, 4) is 23.0 Å². The third-order valence-electron chi connectivity index (χ3n) is 2.58. The van der Waals surface area contributed by atoms with Crippen molar-refractivity contribution in [2.75, 3.05) is 14.2 Å². The molecule has 0 aliphatic heterocycles. The number of ether oxygens (including phenoxy) is 3. The Labute approximate surface area is 156 Å². The SMILES string of the molecule is COc1cc(Br)cc(Br)c1Oc1cc(Br)cc(Br)c1OC. The molecule has 0 amide bonds. The van der Waals surface area contributed by atoms with Crippen molar-refractivity contribution in [3.63, 3.8) is 0 Å². The van der Waals surface area contributed by atoms with Crippen LogP contribution in [-0.4, -0.2) is 14.2 Å². The molecule has 0 heterocycles. The number of hydrogen-bond acceptors (Lipinski definition) is 3. The zero-order valence-corrected chi connectivity index (χ0v) is 17.4. The molecule has 0 bridgehead atoms. The fourth-order valence-corrected chi connectivity index (χ4v) is 4.32. The van der Waals surface area contributed by atoms with E-state index in [1.165, 1.54) is 0 Å². The van der Waals surface area contributed by atoms with E-state index in [-0.39, 0.29) is 0 Å². The van der Waals surface area contributed by atoms with Gasteiger partial charge in [-0.25, -0.2) is 0 Å². The van der Waals surface area contributed by atoms with Crippen molar-refractivity contribution in [2.45, 2.75) is 0 Å². The zero-order chi connectivity index (χ0) is 15.6. The Hall–Kier alpha value is -0.240. The Bertz CT molecular complexity index is 674. The Kier molecular flexibility index (Phi) is 5.99. The van der Waals surface area contributed by atoms with Crippen molar-refractivity contribution in [3.05, 3.63) is 42.2 Å². The predicted molar refractivity (Wildman–Crippen MR) is 96.9 cm³/mol. The number of hydrogen-bond donors (Lipinski definition) is 0. The summed E-state index contributed by atoms with van der Waals surface area (Å²) < 4.78 is 20.1. The van der Waals surface area contributed by atoms with Gasteiger partial charge in [-0.2, -0.15) is 0 Å². The first-order chi connectivity index (χ1) is 9.96. The van der Waals surface area contributed by atoms with E-state index in [2.05, 4.69) is 63.7 Å². The van der Waals surface area contributed by atoms with Gasteiger partial charge in [0.1, 0.15) is 0 Å². The molecule has 0 spiro atoms. The van der Waals surface area contributed by atoms with Gasteiger partial charge in [-0.15, -0.1) is 0 Å². The quantitative estimate of drug-likeness (QED) is 0.436. The molecule has 2 rings (SSSR count). The minimum Gasteiger partial charge on any atom is -0.493 e. The lowest BCUT2D eigenvalue weighted by Crippen LogP contribution is -1.95. The maximum atomic E-state index is 5.99. The summed E-state index contributed by atoms with van der Waals surface area (Å²) in [5.41, 5.74) is 0. The van der Waals surface area contributed by atoms with Gasteiger partial charge in [0.05, 0.1) is 23.2 Å². The molecular formula is C14H10Br4O3. The summed E-state index contributed by atoms with van der Waals surface area (Å²) in [6, 6.07) is 7.44. The molecule has 21 heavy (non-hydrogen) atoms. The van der Waals surface area contributed by atoms with Crippen molar-refractivity contribution in [2.24, 2.45) is 0 Å². The highest BCUT2D eigenvalue weighted by Gasteiger charge is 2.17. The molecular weight excluding hydrogens is 536 g/mol. The number of benzene rings is 2. The minimum atomic E-state index is 0.570. The summed E-state index contributed by atoms with van der Waals surface area (Å²) in [5.74, 6) is 2.36. The first-order valence-corrected chi connectivity index (χ1v) is 8.87. The maximum Gasteiger partial charge on any atom is 0.183 e. The van der Waals surface area contributed by atoms with Gasteiger partial charge in [-0.1, -0.05) is 31.9 Å². The molecule has 112 valence electrons. The van der Waals surface area contributed by atoms with Gasteiger partial charge < -0.3 is 14.2 Å². The van der Waals surface area contributed by atoms with Gasteiger partial charge in [-0.05, 0) is 56.1 Å². The smallest absolute Gasteiger partial charge is 0.183 e. The molecule has 0 fully saturated rings. The highest BCUT2D eigenvalue weighted by Crippen LogP contribution is 2.45. The third kappa shape index (κ3) is 3.94. The fraction of sp³-hybridized carbons (Fsp3) is 0.143. The topological polar surface area (TPSA) is 27.7 Å². The molecule has 2 aromatic rings. The molecule has 0 unspecified atom stereocenters. The van der Waals surface area contributed by atoms with E-state index in [9.17, 15) is 0 Å². The summed E-state index contributed by atoms with van der Waals surface area (Å²) in [4.78, 5) is 0. The molecule has 0 aliphatic rings. The molecule has 0 N–H and O–H groups in total. The minimum absolute atomic E-state index is 0.570. The van der Waals surface area contributed by atoms with E-state index in [1.54, 1.807) is 14.2 Å². The van der Waals surface area contributed by atoms with Gasteiger partial charge in [0.25, 0.3) is 0 Å². The Balaban J connectivity index is 2.52. The molecule has 0 saturated heterocycles. The average Bonchev–Trinajstić information content (AvgIpc) is 2.41. The first-order valence-electron chi connectivity index (χ1n) is 5.70. The lowest BCUT2D eigenvalue weighted by molar-refractivity contribution is 0.353. The molecule has 0 saturated carbocycles. The molecule has 0 atom stereocenters. The lowest BCUT2D eigenvalue weighted by atomic mass is 10.3. The van der Waals surface area contributed by atoms with Gasteiger partial charge >= 0.3 is 0 Å². The van der Waals surface area contributed by atoms with Crippen LogP contribution in [0, 0.1) is 0 Å². The summed E-state index contributed by atoms with van der Waals surface area (Å²) in [5, 5.41) is 0. The summed E-state index contributed by atoms with van der Waals surface area (Å²) >= 11 is 13.8. The standard InChI is InChI=1S/C14H10Br4O3/c1-19-11-5-7(15)4-10(18)14(11)21-12-6-8(16)3-9(17)13(12)20-2/h3-6H,1-2H3. The van der Waals surface area contributed by atoms with E-state index >= 15 is 0 Å². The van der Waals surface area contributed by atoms with Crippen LogP contribution >= 0.6 is 63.7 Å². The Morgan fingerprint density at radius 3 is 1.71 bits per heavy atom. The zero-order valence-electron chi connectivity index (χ0n) is 11.0. The number of halogens is 4. The molecule has 0 aliphatic carbocycles. The largest absolute Gasteiger partial charge is 0.493 e. The highest BCUT2D eigenvalue weighted by molar-refractivity contribution is 9.11. The van der Waals surface area contributed by atoms with Crippen LogP contribution in [0.5, 0.6) is 23.0 Å². The molecule has 0 radical (unpaired) electrons. The van der Waals surface area contributed by atoms with Crippen LogP contribution in [0.4, 0.5) is 0 Å². The molecule has 0 aromatic heterocycles. The number of rotatable bonds is 4. The second kappa shape index (κ2) is 7.35. The van der Waals surface area contributed by atoms with Crippen molar-refractivity contribution in [1.82, 2.24) is 0 Å². The molecule has 2 aromatic carbocycles. The van der Waals surface area contributed by atoms with Gasteiger partial charge in [-0.3, -0.25) is 0 Å². The van der Waals surface area contributed by atoms with Crippen LogP contribution in [-0.2, 0) is 0 Å². The summed E-state index contributed by atoms with van der Waals surface area (Å²) in [7, 11) is 3.18. The lowest BCUT2D eigenvalue weighted by Gasteiger charge is -2.16. The number of methoxy groups -OCH3 is 2. The second-order valence-corrected chi connectivity index (χ2v) is 7.48. The second-order valence-electron chi connectivity index (χ2n) is 3.94.